The largest absolute Gasteiger partial charge is 0.397 e. The van der Waals surface area contributed by atoms with E-state index in [2.05, 4.69) is 34.9 Å². The molecule has 0 spiro atoms. The van der Waals surface area contributed by atoms with Gasteiger partial charge in [-0.2, -0.15) is 0 Å². The van der Waals surface area contributed by atoms with Crippen LogP contribution in [0.4, 0.5) is 17.1 Å². The van der Waals surface area contributed by atoms with Gasteiger partial charge in [0, 0.05) is 36.9 Å². The number of nitrogens with two attached hydrogens (primary N) is 1. The van der Waals surface area contributed by atoms with Crippen LogP contribution in [0.15, 0.2) is 42.5 Å². The Morgan fingerprint density at radius 2 is 1.67 bits per heavy atom. The molecule has 21 heavy (non-hydrogen) atoms. The SMILES string of the molecule is Cc1ccc(N2CCN(c3cccc(Cl)c3)CC2)c(N)c1. The molecule has 0 atom stereocenters. The normalized spacial score (nSPS) is 15.3. The topological polar surface area (TPSA) is 32.5 Å². The fourth-order valence-electron chi connectivity index (χ4n) is 2.84. The third-order valence-corrected chi connectivity index (χ3v) is 4.21. The summed E-state index contributed by atoms with van der Waals surface area (Å²) in [5.41, 5.74) is 10.6. The van der Waals surface area contributed by atoms with Crippen molar-refractivity contribution in [3.8, 4) is 0 Å². The summed E-state index contributed by atoms with van der Waals surface area (Å²) in [5, 5.41) is 0.790. The first-order valence-electron chi connectivity index (χ1n) is 7.25. The van der Waals surface area contributed by atoms with Gasteiger partial charge < -0.3 is 15.5 Å². The van der Waals surface area contributed by atoms with Gasteiger partial charge >= 0.3 is 0 Å². The lowest BCUT2D eigenvalue weighted by Gasteiger charge is -2.38. The highest BCUT2D eigenvalue weighted by atomic mass is 35.5. The van der Waals surface area contributed by atoms with Crippen molar-refractivity contribution in [1.82, 2.24) is 0 Å². The van der Waals surface area contributed by atoms with Crippen molar-refractivity contribution in [2.45, 2.75) is 6.92 Å². The molecule has 1 heterocycles. The number of nitrogen functional groups attached to an aromatic ring is 1. The maximum Gasteiger partial charge on any atom is 0.0601 e. The predicted octanol–water partition coefficient (Wildman–Crippen LogP) is 3.56. The van der Waals surface area contributed by atoms with Crippen molar-refractivity contribution in [1.29, 1.82) is 0 Å². The van der Waals surface area contributed by atoms with E-state index in [1.165, 1.54) is 11.3 Å². The molecule has 1 aliphatic rings. The van der Waals surface area contributed by atoms with Crippen molar-refractivity contribution in [2.75, 3.05) is 41.7 Å². The first-order chi connectivity index (χ1) is 10.1. The lowest BCUT2D eigenvalue weighted by molar-refractivity contribution is 0.654. The average Bonchev–Trinajstić information content (AvgIpc) is 2.47. The van der Waals surface area contributed by atoms with Gasteiger partial charge in [-0.3, -0.25) is 0 Å². The van der Waals surface area contributed by atoms with Crippen LogP contribution in [0.25, 0.3) is 0 Å². The number of halogens is 1. The number of hydrogen-bond acceptors (Lipinski definition) is 3. The number of nitrogens with zero attached hydrogens (tertiary/aromatic N) is 2. The van der Waals surface area contributed by atoms with Gasteiger partial charge in [-0.05, 0) is 42.8 Å². The van der Waals surface area contributed by atoms with Crippen molar-refractivity contribution in [2.24, 2.45) is 0 Å². The number of rotatable bonds is 2. The van der Waals surface area contributed by atoms with Crippen LogP contribution in [0, 0.1) is 6.92 Å². The summed E-state index contributed by atoms with van der Waals surface area (Å²) >= 11 is 6.07. The zero-order valence-electron chi connectivity index (χ0n) is 12.2. The molecule has 0 radical (unpaired) electrons. The van der Waals surface area contributed by atoms with Gasteiger partial charge in [0.2, 0.25) is 0 Å². The minimum absolute atomic E-state index is 0.790. The summed E-state index contributed by atoms with van der Waals surface area (Å²) in [7, 11) is 0. The standard InChI is InChI=1S/C17H20ClN3/c1-13-5-6-17(16(19)11-13)21-9-7-20(8-10-21)15-4-2-3-14(18)12-15/h2-6,11-12H,7-10,19H2,1H3. The molecule has 4 heteroatoms. The maximum absolute atomic E-state index is 6.15. The van der Waals surface area contributed by atoms with Gasteiger partial charge in [0.1, 0.15) is 0 Å². The quantitative estimate of drug-likeness (QED) is 0.861. The van der Waals surface area contributed by atoms with Gasteiger partial charge in [0.25, 0.3) is 0 Å². The minimum Gasteiger partial charge on any atom is -0.397 e. The summed E-state index contributed by atoms with van der Waals surface area (Å²) < 4.78 is 0. The van der Waals surface area contributed by atoms with Crippen molar-refractivity contribution >= 4 is 28.7 Å². The molecule has 0 aliphatic carbocycles. The molecule has 3 rings (SSSR count). The van der Waals surface area contributed by atoms with Crippen molar-refractivity contribution in [3.05, 3.63) is 53.1 Å². The third-order valence-electron chi connectivity index (χ3n) is 3.98. The third kappa shape index (κ3) is 3.08. The first kappa shape index (κ1) is 14.1. The Morgan fingerprint density at radius 3 is 2.33 bits per heavy atom. The number of hydrogen-bond donors (Lipinski definition) is 1. The molecule has 1 aliphatic heterocycles. The Bertz CT molecular complexity index is 634. The molecule has 3 nitrogen and oxygen atoms in total. The second-order valence-corrected chi connectivity index (χ2v) is 5.95. The molecule has 0 unspecified atom stereocenters. The smallest absolute Gasteiger partial charge is 0.0601 e. The summed E-state index contributed by atoms with van der Waals surface area (Å²) in [6.07, 6.45) is 0. The molecule has 2 N–H and O–H groups in total. The van der Waals surface area contributed by atoms with E-state index < -0.39 is 0 Å². The van der Waals surface area contributed by atoms with Gasteiger partial charge in [-0.1, -0.05) is 23.7 Å². The zero-order chi connectivity index (χ0) is 14.8. The first-order valence-corrected chi connectivity index (χ1v) is 7.63. The molecule has 1 fully saturated rings. The second kappa shape index (κ2) is 5.86. The van der Waals surface area contributed by atoms with Crippen molar-refractivity contribution < 1.29 is 0 Å². The molecule has 0 saturated carbocycles. The Labute approximate surface area is 130 Å². The molecule has 2 aromatic rings. The Balaban J connectivity index is 1.70. The summed E-state index contributed by atoms with van der Waals surface area (Å²) in [5.74, 6) is 0. The highest BCUT2D eigenvalue weighted by Gasteiger charge is 2.19. The molecular formula is C17H20ClN3. The lowest BCUT2D eigenvalue weighted by Crippen LogP contribution is -2.46. The number of anilines is 3. The van der Waals surface area contributed by atoms with Crippen LogP contribution in [-0.4, -0.2) is 26.2 Å². The van der Waals surface area contributed by atoms with Crippen LogP contribution in [0.3, 0.4) is 0 Å². The van der Waals surface area contributed by atoms with E-state index in [4.69, 9.17) is 17.3 Å². The fourth-order valence-corrected chi connectivity index (χ4v) is 3.02. The predicted molar refractivity (Wildman–Crippen MR) is 91.5 cm³/mol. The zero-order valence-corrected chi connectivity index (χ0v) is 13.0. The molecule has 0 aromatic heterocycles. The Hall–Kier alpha value is -1.87. The van der Waals surface area contributed by atoms with Crippen LogP contribution in [0.2, 0.25) is 5.02 Å². The van der Waals surface area contributed by atoms with Crippen molar-refractivity contribution in [3.63, 3.8) is 0 Å². The maximum atomic E-state index is 6.15. The highest BCUT2D eigenvalue weighted by molar-refractivity contribution is 6.30. The Kier molecular flexibility index (Phi) is 3.93. The fraction of sp³-hybridized carbons (Fsp3) is 0.294. The molecule has 1 saturated heterocycles. The number of benzene rings is 2. The number of aryl methyl sites for hydroxylation is 1. The van der Waals surface area contributed by atoms with E-state index in [0.717, 1.165) is 42.6 Å². The summed E-state index contributed by atoms with van der Waals surface area (Å²) in [6.45, 7) is 5.97. The van der Waals surface area contributed by atoms with E-state index in [0.29, 0.717) is 0 Å². The van der Waals surface area contributed by atoms with E-state index in [9.17, 15) is 0 Å². The summed E-state index contributed by atoms with van der Waals surface area (Å²) in [6, 6.07) is 14.3. The van der Waals surface area contributed by atoms with Crippen LogP contribution in [-0.2, 0) is 0 Å². The summed E-state index contributed by atoms with van der Waals surface area (Å²) in [4.78, 5) is 4.72. The van der Waals surface area contributed by atoms with E-state index in [1.807, 2.05) is 24.3 Å². The highest BCUT2D eigenvalue weighted by Crippen LogP contribution is 2.27. The van der Waals surface area contributed by atoms with Crippen LogP contribution < -0.4 is 15.5 Å². The van der Waals surface area contributed by atoms with Crippen LogP contribution in [0.1, 0.15) is 5.56 Å². The van der Waals surface area contributed by atoms with Crippen LogP contribution in [0.5, 0.6) is 0 Å². The molecule has 0 amide bonds. The molecule has 110 valence electrons. The average molecular weight is 302 g/mol. The van der Waals surface area contributed by atoms with Gasteiger partial charge in [0.15, 0.2) is 0 Å². The molecular weight excluding hydrogens is 282 g/mol. The Morgan fingerprint density at radius 1 is 0.952 bits per heavy atom. The number of piperazine rings is 1. The monoisotopic (exact) mass is 301 g/mol. The minimum atomic E-state index is 0.790. The van der Waals surface area contributed by atoms with Gasteiger partial charge in [0.05, 0.1) is 11.4 Å². The van der Waals surface area contributed by atoms with E-state index >= 15 is 0 Å². The van der Waals surface area contributed by atoms with Gasteiger partial charge in [-0.25, -0.2) is 0 Å². The molecule has 2 aromatic carbocycles. The van der Waals surface area contributed by atoms with E-state index in [-0.39, 0.29) is 0 Å². The second-order valence-electron chi connectivity index (χ2n) is 5.52. The van der Waals surface area contributed by atoms with Gasteiger partial charge in [-0.15, -0.1) is 0 Å². The molecule has 0 bridgehead atoms. The van der Waals surface area contributed by atoms with E-state index in [1.54, 1.807) is 0 Å². The van der Waals surface area contributed by atoms with Crippen LogP contribution >= 0.6 is 11.6 Å². The lowest BCUT2D eigenvalue weighted by atomic mass is 10.1.